The zero-order valence-electron chi connectivity index (χ0n) is 13.2. The van der Waals surface area contributed by atoms with Gasteiger partial charge in [0.05, 0.1) is 11.3 Å². The quantitative estimate of drug-likeness (QED) is 0.855. The second kappa shape index (κ2) is 7.92. The summed E-state index contributed by atoms with van der Waals surface area (Å²) in [5, 5.41) is 15.0. The van der Waals surface area contributed by atoms with Crippen molar-refractivity contribution >= 4 is 17.3 Å². The molecular weight excluding hydrogens is 290 g/mol. The maximum atomic E-state index is 12.3. The van der Waals surface area contributed by atoms with Crippen LogP contribution in [0.5, 0.6) is 0 Å². The number of anilines is 2. The van der Waals surface area contributed by atoms with E-state index in [4.69, 9.17) is 5.26 Å². The van der Waals surface area contributed by atoms with Gasteiger partial charge in [0.25, 0.3) is 5.91 Å². The average Bonchev–Trinajstić information content (AvgIpc) is 2.55. The van der Waals surface area contributed by atoms with E-state index in [1.54, 1.807) is 36.5 Å². The molecule has 1 heterocycles. The predicted molar refractivity (Wildman–Crippen MR) is 90.4 cm³/mol. The van der Waals surface area contributed by atoms with E-state index < -0.39 is 0 Å². The molecule has 1 aromatic carbocycles. The maximum absolute atomic E-state index is 12.3. The molecule has 0 spiro atoms. The molecule has 1 aromatic heterocycles. The van der Waals surface area contributed by atoms with Crippen LogP contribution in [0, 0.1) is 11.3 Å². The fourth-order valence-electron chi connectivity index (χ4n) is 1.96. The number of amides is 1. The van der Waals surface area contributed by atoms with Crippen LogP contribution in [0.3, 0.4) is 0 Å². The summed E-state index contributed by atoms with van der Waals surface area (Å²) >= 11 is 0. The normalized spacial score (nSPS) is 10.2. The molecule has 23 heavy (non-hydrogen) atoms. The molecule has 0 bridgehead atoms. The summed E-state index contributed by atoms with van der Waals surface area (Å²) in [6.07, 6.45) is 1.59. The molecule has 6 heteroatoms. The van der Waals surface area contributed by atoms with Gasteiger partial charge in [0, 0.05) is 25.0 Å². The largest absolute Gasteiger partial charge is 0.384 e. The van der Waals surface area contributed by atoms with Crippen molar-refractivity contribution in [3.63, 3.8) is 0 Å². The first-order valence-corrected chi connectivity index (χ1v) is 7.25. The fourth-order valence-corrected chi connectivity index (χ4v) is 1.96. The number of benzene rings is 1. The van der Waals surface area contributed by atoms with E-state index in [0.717, 1.165) is 18.8 Å². The SMILES string of the molecule is CN(C)CCNc1ccnc(C(=O)Nc2ccccc2C#N)c1. The van der Waals surface area contributed by atoms with E-state index in [-0.39, 0.29) is 5.91 Å². The predicted octanol–water partition coefficient (Wildman–Crippen LogP) is 2.18. The van der Waals surface area contributed by atoms with Crippen LogP contribution in [-0.4, -0.2) is 43.0 Å². The molecule has 0 fully saturated rings. The Hall–Kier alpha value is -2.91. The smallest absolute Gasteiger partial charge is 0.274 e. The third-order valence-electron chi connectivity index (χ3n) is 3.18. The molecule has 0 saturated heterocycles. The summed E-state index contributed by atoms with van der Waals surface area (Å²) in [6, 6.07) is 12.4. The van der Waals surface area contributed by atoms with Crippen molar-refractivity contribution in [3.8, 4) is 6.07 Å². The van der Waals surface area contributed by atoms with E-state index in [2.05, 4.69) is 26.6 Å². The van der Waals surface area contributed by atoms with E-state index in [9.17, 15) is 4.79 Å². The third-order valence-corrected chi connectivity index (χ3v) is 3.18. The summed E-state index contributed by atoms with van der Waals surface area (Å²) in [4.78, 5) is 18.5. The molecule has 2 N–H and O–H groups in total. The van der Waals surface area contributed by atoms with Crippen molar-refractivity contribution in [1.82, 2.24) is 9.88 Å². The Labute approximate surface area is 135 Å². The van der Waals surface area contributed by atoms with Gasteiger partial charge in [0.1, 0.15) is 11.8 Å². The van der Waals surface area contributed by atoms with Gasteiger partial charge in [-0.15, -0.1) is 0 Å². The molecule has 6 nitrogen and oxygen atoms in total. The Morgan fingerprint density at radius 1 is 1.30 bits per heavy atom. The van der Waals surface area contributed by atoms with E-state index in [1.165, 1.54) is 0 Å². The zero-order chi connectivity index (χ0) is 16.7. The standard InChI is InChI=1S/C17H19N5O/c1-22(2)10-9-19-14-7-8-20-16(11-14)17(23)21-15-6-4-3-5-13(15)12-18/h3-8,11H,9-10H2,1-2H3,(H,19,20)(H,21,23). The first kappa shape index (κ1) is 16.5. The van der Waals surface area contributed by atoms with Crippen LogP contribution in [0.1, 0.15) is 16.1 Å². The number of hydrogen-bond donors (Lipinski definition) is 2. The Morgan fingerprint density at radius 2 is 2.09 bits per heavy atom. The molecule has 0 radical (unpaired) electrons. The highest BCUT2D eigenvalue weighted by atomic mass is 16.1. The van der Waals surface area contributed by atoms with Crippen molar-refractivity contribution < 1.29 is 4.79 Å². The molecule has 2 aromatic rings. The van der Waals surface area contributed by atoms with Gasteiger partial charge in [0.2, 0.25) is 0 Å². The number of nitrogens with one attached hydrogen (secondary N) is 2. The van der Waals surface area contributed by atoms with Gasteiger partial charge in [-0.05, 0) is 38.4 Å². The van der Waals surface area contributed by atoms with Gasteiger partial charge in [-0.2, -0.15) is 5.26 Å². The number of rotatable bonds is 6. The van der Waals surface area contributed by atoms with Crippen molar-refractivity contribution in [2.75, 3.05) is 37.8 Å². The summed E-state index contributed by atoms with van der Waals surface area (Å²) in [6.45, 7) is 1.66. The summed E-state index contributed by atoms with van der Waals surface area (Å²) in [7, 11) is 4.00. The Balaban J connectivity index is 2.06. The molecule has 0 atom stereocenters. The van der Waals surface area contributed by atoms with Crippen LogP contribution in [0.2, 0.25) is 0 Å². The molecule has 118 valence electrons. The molecule has 0 unspecified atom stereocenters. The number of likely N-dealkylation sites (N-methyl/N-ethyl adjacent to an activating group) is 1. The minimum Gasteiger partial charge on any atom is -0.384 e. The van der Waals surface area contributed by atoms with Crippen molar-refractivity contribution in [2.24, 2.45) is 0 Å². The van der Waals surface area contributed by atoms with Crippen molar-refractivity contribution in [1.29, 1.82) is 5.26 Å². The first-order chi connectivity index (χ1) is 11.1. The number of carbonyl (C=O) groups is 1. The first-order valence-electron chi connectivity index (χ1n) is 7.25. The average molecular weight is 309 g/mol. The van der Waals surface area contributed by atoms with Crippen LogP contribution < -0.4 is 10.6 Å². The Kier molecular flexibility index (Phi) is 5.67. The molecule has 0 aliphatic heterocycles. The van der Waals surface area contributed by atoms with Gasteiger partial charge < -0.3 is 15.5 Å². The summed E-state index contributed by atoms with van der Waals surface area (Å²) in [5.74, 6) is -0.344. The van der Waals surface area contributed by atoms with Crippen LogP contribution in [-0.2, 0) is 0 Å². The minimum atomic E-state index is -0.344. The number of pyridine rings is 1. The monoisotopic (exact) mass is 309 g/mol. The molecule has 0 aliphatic rings. The van der Waals surface area contributed by atoms with Crippen molar-refractivity contribution in [3.05, 3.63) is 53.9 Å². The van der Waals surface area contributed by atoms with Gasteiger partial charge in [0.15, 0.2) is 0 Å². The second-order valence-corrected chi connectivity index (χ2v) is 5.27. The van der Waals surface area contributed by atoms with Crippen molar-refractivity contribution in [2.45, 2.75) is 0 Å². The number of nitriles is 1. The maximum Gasteiger partial charge on any atom is 0.274 e. The molecule has 2 rings (SSSR count). The lowest BCUT2D eigenvalue weighted by atomic mass is 10.2. The second-order valence-electron chi connectivity index (χ2n) is 5.27. The van der Waals surface area contributed by atoms with Gasteiger partial charge in [-0.1, -0.05) is 12.1 Å². The van der Waals surface area contributed by atoms with Gasteiger partial charge >= 0.3 is 0 Å². The zero-order valence-corrected chi connectivity index (χ0v) is 13.2. The number of para-hydroxylation sites is 1. The fraction of sp³-hybridized carbons (Fsp3) is 0.235. The molecule has 0 saturated carbocycles. The van der Waals surface area contributed by atoms with E-state index >= 15 is 0 Å². The number of carbonyl (C=O) groups excluding carboxylic acids is 1. The van der Waals surface area contributed by atoms with E-state index in [1.807, 2.05) is 20.2 Å². The molecule has 0 aliphatic carbocycles. The highest BCUT2D eigenvalue weighted by Crippen LogP contribution is 2.15. The lowest BCUT2D eigenvalue weighted by molar-refractivity contribution is 0.102. The summed E-state index contributed by atoms with van der Waals surface area (Å²) in [5.41, 5.74) is 2.03. The van der Waals surface area contributed by atoms with Crippen LogP contribution in [0.25, 0.3) is 0 Å². The minimum absolute atomic E-state index is 0.299. The number of nitrogens with zero attached hydrogens (tertiary/aromatic N) is 3. The lowest BCUT2D eigenvalue weighted by Gasteiger charge is -2.12. The highest BCUT2D eigenvalue weighted by molar-refractivity contribution is 6.04. The molecular formula is C17H19N5O. The topological polar surface area (TPSA) is 81.1 Å². The van der Waals surface area contributed by atoms with Gasteiger partial charge in [-0.25, -0.2) is 0 Å². The third kappa shape index (κ3) is 4.80. The van der Waals surface area contributed by atoms with Crippen LogP contribution >= 0.6 is 0 Å². The van der Waals surface area contributed by atoms with E-state index in [0.29, 0.717) is 16.9 Å². The lowest BCUT2D eigenvalue weighted by Crippen LogP contribution is -2.21. The van der Waals surface area contributed by atoms with Gasteiger partial charge in [-0.3, -0.25) is 9.78 Å². The number of hydrogen-bond acceptors (Lipinski definition) is 5. The van der Waals surface area contributed by atoms with Crippen LogP contribution in [0.15, 0.2) is 42.6 Å². The highest BCUT2D eigenvalue weighted by Gasteiger charge is 2.10. The summed E-state index contributed by atoms with van der Waals surface area (Å²) < 4.78 is 0. The molecule has 1 amide bonds. The number of aromatic nitrogens is 1. The Bertz CT molecular complexity index is 721. The van der Waals surface area contributed by atoms with Crippen LogP contribution in [0.4, 0.5) is 11.4 Å². The Morgan fingerprint density at radius 3 is 2.83 bits per heavy atom.